The lowest BCUT2D eigenvalue weighted by Crippen LogP contribution is -1.97. The van der Waals surface area contributed by atoms with E-state index in [1.165, 1.54) is 0 Å². The van der Waals surface area contributed by atoms with Crippen LogP contribution in [0.15, 0.2) is 12.1 Å². The first kappa shape index (κ1) is 9.34. The second-order valence-electron chi connectivity index (χ2n) is 3.46. The van der Waals surface area contributed by atoms with E-state index in [4.69, 9.17) is 9.47 Å². The fraction of sp³-hybridized carbons (Fsp3) is 0.455. The molecule has 0 fully saturated rings. The Kier molecular flexibility index (Phi) is 2.33. The zero-order chi connectivity index (χ0) is 10.1. The molecule has 3 heteroatoms. The van der Waals surface area contributed by atoms with Crippen LogP contribution in [0.4, 0.5) is 0 Å². The van der Waals surface area contributed by atoms with Crippen LogP contribution >= 0.6 is 0 Å². The fourth-order valence-electron chi connectivity index (χ4n) is 1.96. The number of methoxy groups -OCH3 is 2. The van der Waals surface area contributed by atoms with Gasteiger partial charge in [-0.3, -0.25) is 0 Å². The summed E-state index contributed by atoms with van der Waals surface area (Å²) in [5.74, 6) is 1.51. The van der Waals surface area contributed by atoms with Gasteiger partial charge in [-0.25, -0.2) is 0 Å². The van der Waals surface area contributed by atoms with Crippen molar-refractivity contribution >= 4 is 0 Å². The molecule has 0 bridgehead atoms. The molecule has 0 amide bonds. The highest BCUT2D eigenvalue weighted by Crippen LogP contribution is 2.40. The topological polar surface area (TPSA) is 38.7 Å². The maximum Gasteiger partial charge on any atom is 0.128 e. The van der Waals surface area contributed by atoms with Crippen LogP contribution in [0.5, 0.6) is 11.5 Å². The Hall–Kier alpha value is -1.22. The van der Waals surface area contributed by atoms with Crippen LogP contribution in [0.1, 0.15) is 23.7 Å². The molecule has 0 saturated carbocycles. The van der Waals surface area contributed by atoms with Crippen molar-refractivity contribution in [3.63, 3.8) is 0 Å². The average Bonchev–Trinajstić information content (AvgIpc) is 2.59. The molecule has 2 rings (SSSR count). The minimum absolute atomic E-state index is 0.383. The molecule has 0 saturated heterocycles. The Bertz CT molecular complexity index is 347. The van der Waals surface area contributed by atoms with Crippen LogP contribution in [0.3, 0.4) is 0 Å². The van der Waals surface area contributed by atoms with Gasteiger partial charge in [0.05, 0.1) is 20.3 Å². The van der Waals surface area contributed by atoms with Crippen molar-refractivity contribution in [3.8, 4) is 11.5 Å². The highest BCUT2D eigenvalue weighted by Gasteiger charge is 2.25. The van der Waals surface area contributed by atoms with E-state index < -0.39 is 0 Å². The Balaban J connectivity index is 2.52. The van der Waals surface area contributed by atoms with E-state index in [1.54, 1.807) is 14.2 Å². The molecule has 0 aromatic heterocycles. The van der Waals surface area contributed by atoms with E-state index in [0.717, 1.165) is 35.5 Å². The normalized spacial score (nSPS) is 19.2. The molecule has 1 atom stereocenters. The van der Waals surface area contributed by atoms with Crippen LogP contribution < -0.4 is 9.47 Å². The van der Waals surface area contributed by atoms with Gasteiger partial charge in [-0.05, 0) is 24.5 Å². The molecule has 0 radical (unpaired) electrons. The van der Waals surface area contributed by atoms with Gasteiger partial charge in [0, 0.05) is 11.6 Å². The lowest BCUT2D eigenvalue weighted by molar-refractivity contribution is 0.176. The van der Waals surface area contributed by atoms with E-state index in [9.17, 15) is 5.11 Å². The third-order valence-electron chi connectivity index (χ3n) is 2.68. The number of hydrogen-bond acceptors (Lipinski definition) is 3. The summed E-state index contributed by atoms with van der Waals surface area (Å²) in [6.45, 7) is 0. The first-order valence-corrected chi connectivity index (χ1v) is 4.69. The average molecular weight is 194 g/mol. The summed E-state index contributed by atoms with van der Waals surface area (Å²) in [5.41, 5.74) is 2.06. The number of aliphatic hydroxyl groups is 1. The van der Waals surface area contributed by atoms with Crippen LogP contribution in [0.2, 0.25) is 0 Å². The lowest BCUT2D eigenvalue weighted by Gasteiger charge is -2.12. The summed E-state index contributed by atoms with van der Waals surface area (Å²) in [4.78, 5) is 0. The molecule has 1 aromatic carbocycles. The van der Waals surface area contributed by atoms with Crippen LogP contribution in [0, 0.1) is 0 Å². The molecule has 0 heterocycles. The Morgan fingerprint density at radius 2 is 2.07 bits per heavy atom. The molecule has 1 aliphatic carbocycles. The van der Waals surface area contributed by atoms with Crippen LogP contribution in [-0.2, 0) is 6.42 Å². The van der Waals surface area contributed by atoms with Gasteiger partial charge in [0.2, 0.25) is 0 Å². The summed E-state index contributed by atoms with van der Waals surface area (Å²) in [7, 11) is 3.24. The number of benzene rings is 1. The fourth-order valence-corrected chi connectivity index (χ4v) is 1.96. The van der Waals surface area contributed by atoms with Crippen LogP contribution in [-0.4, -0.2) is 19.3 Å². The molecule has 0 spiro atoms. The maximum atomic E-state index is 9.74. The van der Waals surface area contributed by atoms with Crippen molar-refractivity contribution in [1.82, 2.24) is 0 Å². The van der Waals surface area contributed by atoms with Gasteiger partial charge in [-0.2, -0.15) is 0 Å². The monoisotopic (exact) mass is 194 g/mol. The molecule has 1 unspecified atom stereocenters. The standard InChI is InChI=1S/C11H14O3/c1-13-8-5-7-3-4-9(12)11(7)10(6-8)14-2/h5-6,9,12H,3-4H2,1-2H3. The number of hydrogen-bond donors (Lipinski definition) is 1. The molecular formula is C11H14O3. The number of aryl methyl sites for hydroxylation is 1. The summed E-state index contributed by atoms with van der Waals surface area (Å²) >= 11 is 0. The minimum Gasteiger partial charge on any atom is -0.497 e. The first-order valence-electron chi connectivity index (χ1n) is 4.69. The van der Waals surface area contributed by atoms with E-state index in [2.05, 4.69) is 0 Å². The smallest absolute Gasteiger partial charge is 0.128 e. The Labute approximate surface area is 83.3 Å². The third kappa shape index (κ3) is 1.34. The second kappa shape index (κ2) is 3.50. The quantitative estimate of drug-likeness (QED) is 0.778. The van der Waals surface area contributed by atoms with Gasteiger partial charge in [0.25, 0.3) is 0 Å². The van der Waals surface area contributed by atoms with Gasteiger partial charge in [-0.1, -0.05) is 0 Å². The van der Waals surface area contributed by atoms with Crippen molar-refractivity contribution in [2.24, 2.45) is 0 Å². The Morgan fingerprint density at radius 3 is 2.71 bits per heavy atom. The predicted molar refractivity (Wildman–Crippen MR) is 52.8 cm³/mol. The minimum atomic E-state index is -0.383. The Morgan fingerprint density at radius 1 is 1.29 bits per heavy atom. The first-order chi connectivity index (χ1) is 6.76. The summed E-state index contributed by atoms with van der Waals surface area (Å²) in [6.07, 6.45) is 1.29. The highest BCUT2D eigenvalue weighted by atomic mass is 16.5. The number of fused-ring (bicyclic) bond motifs is 1. The summed E-state index contributed by atoms with van der Waals surface area (Å²) in [6, 6.07) is 3.78. The molecule has 1 N–H and O–H groups in total. The van der Waals surface area contributed by atoms with Gasteiger partial charge in [-0.15, -0.1) is 0 Å². The number of rotatable bonds is 2. The van der Waals surface area contributed by atoms with Gasteiger partial charge < -0.3 is 14.6 Å². The second-order valence-corrected chi connectivity index (χ2v) is 3.46. The van der Waals surface area contributed by atoms with Crippen molar-refractivity contribution in [2.75, 3.05) is 14.2 Å². The van der Waals surface area contributed by atoms with Crippen molar-refractivity contribution in [1.29, 1.82) is 0 Å². The highest BCUT2D eigenvalue weighted by molar-refractivity contribution is 5.50. The van der Waals surface area contributed by atoms with Gasteiger partial charge >= 0.3 is 0 Å². The zero-order valence-corrected chi connectivity index (χ0v) is 8.41. The lowest BCUT2D eigenvalue weighted by atomic mass is 10.1. The summed E-state index contributed by atoms with van der Waals surface area (Å²) < 4.78 is 10.4. The molecular weight excluding hydrogens is 180 g/mol. The number of aliphatic hydroxyl groups excluding tert-OH is 1. The van der Waals surface area contributed by atoms with Gasteiger partial charge in [0.1, 0.15) is 11.5 Å². The SMILES string of the molecule is COc1cc2c(c(OC)c1)C(O)CC2. The predicted octanol–water partition coefficient (Wildman–Crippen LogP) is 1.68. The molecule has 76 valence electrons. The van der Waals surface area contributed by atoms with E-state index in [0.29, 0.717) is 0 Å². The van der Waals surface area contributed by atoms with E-state index >= 15 is 0 Å². The molecule has 3 nitrogen and oxygen atoms in total. The molecule has 0 aliphatic heterocycles. The largest absolute Gasteiger partial charge is 0.497 e. The van der Waals surface area contributed by atoms with Gasteiger partial charge in [0.15, 0.2) is 0 Å². The zero-order valence-electron chi connectivity index (χ0n) is 8.41. The van der Waals surface area contributed by atoms with E-state index in [1.807, 2.05) is 12.1 Å². The van der Waals surface area contributed by atoms with Crippen molar-refractivity contribution in [2.45, 2.75) is 18.9 Å². The van der Waals surface area contributed by atoms with Crippen molar-refractivity contribution in [3.05, 3.63) is 23.3 Å². The summed E-state index contributed by atoms with van der Waals surface area (Å²) in [5, 5.41) is 9.74. The molecule has 1 aromatic rings. The maximum absolute atomic E-state index is 9.74. The molecule has 1 aliphatic rings. The van der Waals surface area contributed by atoms with E-state index in [-0.39, 0.29) is 6.10 Å². The van der Waals surface area contributed by atoms with Crippen LogP contribution in [0.25, 0.3) is 0 Å². The third-order valence-corrected chi connectivity index (χ3v) is 2.68. The van der Waals surface area contributed by atoms with Crippen molar-refractivity contribution < 1.29 is 14.6 Å². The number of ether oxygens (including phenoxy) is 2. The molecule has 14 heavy (non-hydrogen) atoms.